The van der Waals surface area contributed by atoms with Gasteiger partial charge >= 0.3 is 0 Å². The average molecular weight is 389 g/mol. The molecule has 8 nitrogen and oxygen atoms in total. The molecule has 0 saturated carbocycles. The van der Waals surface area contributed by atoms with Crippen LogP contribution in [0.4, 0.5) is 10.3 Å². The Balaban J connectivity index is 1.42. The topological polar surface area (TPSA) is 95.3 Å². The predicted octanol–water partition coefficient (Wildman–Crippen LogP) is 1.21. The molecule has 0 bridgehead atoms. The van der Waals surface area contributed by atoms with Crippen LogP contribution in [0.2, 0.25) is 0 Å². The molecular weight excluding hydrogens is 365 g/mol. The molecule has 0 radical (unpaired) electrons. The third-order valence-electron chi connectivity index (χ3n) is 5.90. The summed E-state index contributed by atoms with van der Waals surface area (Å²) >= 11 is 0. The highest BCUT2D eigenvalue weighted by atomic mass is 19.1. The van der Waals surface area contributed by atoms with Crippen molar-refractivity contribution in [3.05, 3.63) is 38.9 Å². The number of halogens is 1. The summed E-state index contributed by atoms with van der Waals surface area (Å²) in [6, 6.07) is 0. The van der Waals surface area contributed by atoms with Gasteiger partial charge in [0.05, 0.1) is 17.8 Å². The van der Waals surface area contributed by atoms with Crippen LogP contribution in [-0.4, -0.2) is 52.1 Å². The van der Waals surface area contributed by atoms with E-state index in [4.69, 9.17) is 4.52 Å². The SMILES string of the molecule is CCc1nc(N2CC3CN(C(=O)Cc4c(C)noc4C)CC3C2)[nH]c(=O)c1F. The van der Waals surface area contributed by atoms with E-state index in [9.17, 15) is 14.0 Å². The van der Waals surface area contributed by atoms with E-state index in [0.29, 0.717) is 62.6 Å². The van der Waals surface area contributed by atoms with Crippen molar-refractivity contribution in [3.63, 3.8) is 0 Å². The van der Waals surface area contributed by atoms with Crippen molar-refractivity contribution in [1.82, 2.24) is 20.0 Å². The molecule has 0 aliphatic carbocycles. The molecule has 150 valence electrons. The summed E-state index contributed by atoms with van der Waals surface area (Å²) in [4.78, 5) is 35.2. The van der Waals surface area contributed by atoms with E-state index < -0.39 is 11.4 Å². The van der Waals surface area contributed by atoms with Gasteiger partial charge < -0.3 is 14.3 Å². The van der Waals surface area contributed by atoms with Crippen molar-refractivity contribution in [3.8, 4) is 0 Å². The summed E-state index contributed by atoms with van der Waals surface area (Å²) in [6.45, 7) is 8.17. The van der Waals surface area contributed by atoms with E-state index in [-0.39, 0.29) is 11.6 Å². The molecule has 2 aromatic heterocycles. The standard InChI is InChI=1S/C19H24FN5O3/c1-4-15-17(20)18(27)22-19(21-15)25-8-12-6-24(7-13(12)9-25)16(26)5-14-10(2)23-28-11(14)3/h12-13H,4-9H2,1-3H3,(H,21,22,27). The lowest BCUT2D eigenvalue weighted by atomic mass is 10.0. The lowest BCUT2D eigenvalue weighted by molar-refractivity contribution is -0.129. The predicted molar refractivity (Wildman–Crippen MR) is 99.6 cm³/mol. The van der Waals surface area contributed by atoms with Gasteiger partial charge in [0.15, 0.2) is 0 Å². The van der Waals surface area contributed by atoms with Crippen molar-refractivity contribution in [1.29, 1.82) is 0 Å². The van der Waals surface area contributed by atoms with Gasteiger partial charge in [-0.25, -0.2) is 4.98 Å². The van der Waals surface area contributed by atoms with Crippen LogP contribution in [0.3, 0.4) is 0 Å². The Morgan fingerprint density at radius 1 is 1.25 bits per heavy atom. The maximum atomic E-state index is 13.8. The van der Waals surface area contributed by atoms with E-state index in [1.54, 1.807) is 6.92 Å². The number of fused-ring (bicyclic) bond motifs is 1. The number of carbonyl (C=O) groups excluding carboxylic acids is 1. The average Bonchev–Trinajstić information content (AvgIpc) is 3.33. The van der Waals surface area contributed by atoms with Gasteiger partial charge in [-0.2, -0.15) is 4.39 Å². The minimum Gasteiger partial charge on any atom is -0.361 e. The quantitative estimate of drug-likeness (QED) is 0.845. The first-order valence-electron chi connectivity index (χ1n) is 9.60. The van der Waals surface area contributed by atoms with Crippen molar-refractivity contribution in [2.75, 3.05) is 31.1 Å². The number of hydrogen-bond acceptors (Lipinski definition) is 6. The molecule has 2 aliphatic rings. The van der Waals surface area contributed by atoms with Gasteiger partial charge in [0.2, 0.25) is 17.7 Å². The molecule has 4 heterocycles. The third-order valence-corrected chi connectivity index (χ3v) is 5.90. The number of anilines is 1. The molecule has 4 rings (SSSR count). The van der Waals surface area contributed by atoms with Gasteiger partial charge in [-0.1, -0.05) is 12.1 Å². The first kappa shape index (κ1) is 18.6. The van der Waals surface area contributed by atoms with E-state index in [2.05, 4.69) is 15.1 Å². The molecule has 2 aromatic rings. The zero-order valence-corrected chi connectivity index (χ0v) is 16.3. The van der Waals surface area contributed by atoms with Crippen LogP contribution < -0.4 is 10.5 Å². The highest BCUT2D eigenvalue weighted by Crippen LogP contribution is 2.33. The molecule has 28 heavy (non-hydrogen) atoms. The highest BCUT2D eigenvalue weighted by Gasteiger charge is 2.42. The van der Waals surface area contributed by atoms with Gasteiger partial charge in [0.25, 0.3) is 5.56 Å². The minimum absolute atomic E-state index is 0.0805. The summed E-state index contributed by atoms with van der Waals surface area (Å²) < 4.78 is 18.9. The zero-order chi connectivity index (χ0) is 20.0. The number of carbonyl (C=O) groups is 1. The number of aryl methyl sites for hydroxylation is 3. The van der Waals surface area contributed by atoms with Gasteiger partial charge in [0.1, 0.15) is 5.76 Å². The molecule has 2 fully saturated rings. The van der Waals surface area contributed by atoms with Crippen molar-refractivity contribution in [2.45, 2.75) is 33.6 Å². The number of nitrogens with one attached hydrogen (secondary N) is 1. The first-order valence-corrected chi connectivity index (χ1v) is 9.60. The summed E-state index contributed by atoms with van der Waals surface area (Å²) in [6.07, 6.45) is 0.671. The number of rotatable bonds is 4. The lowest BCUT2D eigenvalue weighted by Gasteiger charge is -2.22. The van der Waals surface area contributed by atoms with E-state index in [1.807, 2.05) is 23.6 Å². The maximum Gasteiger partial charge on any atom is 0.288 e. The van der Waals surface area contributed by atoms with Gasteiger partial charge in [-0.15, -0.1) is 0 Å². The fraction of sp³-hybridized carbons (Fsp3) is 0.579. The second-order valence-electron chi connectivity index (χ2n) is 7.71. The highest BCUT2D eigenvalue weighted by molar-refractivity contribution is 5.79. The molecule has 2 atom stereocenters. The number of H-pyrrole nitrogens is 1. The normalized spacial score (nSPS) is 21.4. The Kier molecular flexibility index (Phi) is 4.68. The molecule has 0 aromatic carbocycles. The third kappa shape index (κ3) is 3.18. The molecule has 2 saturated heterocycles. The fourth-order valence-corrected chi connectivity index (χ4v) is 4.26. The molecule has 9 heteroatoms. The van der Waals surface area contributed by atoms with Gasteiger partial charge in [0, 0.05) is 43.6 Å². The van der Waals surface area contributed by atoms with Crippen LogP contribution in [0, 0.1) is 31.5 Å². The Labute approximate surface area is 161 Å². The van der Waals surface area contributed by atoms with Crippen LogP contribution in [-0.2, 0) is 17.6 Å². The number of aromatic nitrogens is 3. The van der Waals surface area contributed by atoms with Crippen molar-refractivity contribution < 1.29 is 13.7 Å². The Morgan fingerprint density at radius 2 is 1.93 bits per heavy atom. The van der Waals surface area contributed by atoms with E-state index >= 15 is 0 Å². The largest absolute Gasteiger partial charge is 0.361 e. The second-order valence-corrected chi connectivity index (χ2v) is 7.71. The summed E-state index contributed by atoms with van der Waals surface area (Å²) in [5, 5.41) is 3.91. The first-order chi connectivity index (χ1) is 13.4. The van der Waals surface area contributed by atoms with Crippen LogP contribution in [0.5, 0.6) is 0 Å². The van der Waals surface area contributed by atoms with Crippen LogP contribution in [0.15, 0.2) is 9.32 Å². The zero-order valence-electron chi connectivity index (χ0n) is 16.3. The van der Waals surface area contributed by atoms with Crippen LogP contribution in [0.1, 0.15) is 29.6 Å². The van der Waals surface area contributed by atoms with E-state index in [0.717, 1.165) is 11.3 Å². The van der Waals surface area contributed by atoms with Crippen LogP contribution >= 0.6 is 0 Å². The number of likely N-dealkylation sites (tertiary alicyclic amines) is 1. The molecule has 2 aliphatic heterocycles. The number of nitrogens with zero attached hydrogens (tertiary/aromatic N) is 4. The summed E-state index contributed by atoms with van der Waals surface area (Å²) in [7, 11) is 0. The molecule has 1 amide bonds. The Hall–Kier alpha value is -2.71. The van der Waals surface area contributed by atoms with Gasteiger partial charge in [-0.05, 0) is 20.3 Å². The van der Waals surface area contributed by atoms with Crippen molar-refractivity contribution >= 4 is 11.9 Å². The monoisotopic (exact) mass is 389 g/mol. The second kappa shape index (κ2) is 7.03. The number of hydrogen-bond donors (Lipinski definition) is 1. The molecule has 0 spiro atoms. The molecular formula is C19H24FN5O3. The van der Waals surface area contributed by atoms with Gasteiger partial charge in [-0.3, -0.25) is 14.6 Å². The molecule has 1 N–H and O–H groups in total. The fourth-order valence-electron chi connectivity index (χ4n) is 4.26. The number of amides is 1. The molecule has 2 unspecified atom stereocenters. The minimum atomic E-state index is -0.804. The lowest BCUT2D eigenvalue weighted by Crippen LogP contribution is -2.35. The maximum absolute atomic E-state index is 13.8. The number of aromatic amines is 1. The van der Waals surface area contributed by atoms with Crippen molar-refractivity contribution in [2.24, 2.45) is 11.8 Å². The van der Waals surface area contributed by atoms with Crippen LogP contribution in [0.25, 0.3) is 0 Å². The smallest absolute Gasteiger partial charge is 0.288 e. The Bertz CT molecular complexity index is 935. The Morgan fingerprint density at radius 3 is 2.50 bits per heavy atom. The van der Waals surface area contributed by atoms with E-state index in [1.165, 1.54) is 0 Å². The summed E-state index contributed by atoms with van der Waals surface area (Å²) in [5.74, 6) is 1.02. The summed E-state index contributed by atoms with van der Waals surface area (Å²) in [5.41, 5.74) is 1.08.